The summed E-state index contributed by atoms with van der Waals surface area (Å²) in [4.78, 5) is 8.85. The Morgan fingerprint density at radius 3 is 2.91 bits per heavy atom. The molecule has 2 aromatic rings. The summed E-state index contributed by atoms with van der Waals surface area (Å²) in [5.74, 6) is 0. The number of ether oxygens (including phenoxy) is 1. The van der Waals surface area contributed by atoms with Crippen LogP contribution in [-0.2, 0) is 4.74 Å². The highest BCUT2D eigenvalue weighted by atomic mass is 32.1. The zero-order valence-corrected chi connectivity index (χ0v) is 14.5. The average Bonchev–Trinajstić information content (AvgIpc) is 3.03. The maximum Gasteiger partial charge on any atom is 0.184 e. The van der Waals surface area contributed by atoms with E-state index in [-0.39, 0.29) is 0 Å². The standard InChI is InChI=1S/C15H15N3S.C3H8O/c1-2-11-5-6-13-14(8-11)19-15(18-13)17-10-12-4-3-7-16-9-12;1-3-4-2/h2,4-6,8-9H,1,3,7,10H2,(H,17,18);3H2,1-2H3. The van der Waals surface area contributed by atoms with E-state index in [1.54, 1.807) is 18.4 Å². The number of fused-ring (bicyclic) bond motifs is 1. The summed E-state index contributed by atoms with van der Waals surface area (Å²) in [7, 11) is 1.68. The van der Waals surface area contributed by atoms with Gasteiger partial charge in [0.05, 0.1) is 10.2 Å². The summed E-state index contributed by atoms with van der Waals surface area (Å²) in [5, 5.41) is 4.32. The Balaban J connectivity index is 0.000000433. The number of aliphatic imine (C=N–C) groups is 1. The quantitative estimate of drug-likeness (QED) is 0.884. The van der Waals surface area contributed by atoms with Crippen molar-refractivity contribution in [3.63, 3.8) is 0 Å². The number of aromatic nitrogens is 1. The summed E-state index contributed by atoms with van der Waals surface area (Å²) in [6, 6.07) is 6.19. The van der Waals surface area contributed by atoms with E-state index >= 15 is 0 Å². The van der Waals surface area contributed by atoms with Gasteiger partial charge in [-0.1, -0.05) is 36.1 Å². The van der Waals surface area contributed by atoms with Gasteiger partial charge in [0.2, 0.25) is 0 Å². The number of thiazole rings is 1. The highest BCUT2D eigenvalue weighted by molar-refractivity contribution is 7.22. The maximum absolute atomic E-state index is 4.57. The van der Waals surface area contributed by atoms with Crippen molar-refractivity contribution in [1.29, 1.82) is 0 Å². The van der Waals surface area contributed by atoms with Gasteiger partial charge in [0.15, 0.2) is 5.13 Å². The van der Waals surface area contributed by atoms with Gasteiger partial charge in [-0.05, 0) is 36.6 Å². The first-order valence-corrected chi connectivity index (χ1v) is 8.53. The predicted octanol–water partition coefficient (Wildman–Crippen LogP) is 4.40. The van der Waals surface area contributed by atoms with Crippen LogP contribution in [0.3, 0.4) is 0 Å². The topological polar surface area (TPSA) is 46.5 Å². The number of rotatable bonds is 5. The molecule has 0 amide bonds. The third-order valence-electron chi connectivity index (χ3n) is 3.30. The van der Waals surface area contributed by atoms with E-state index in [0.717, 1.165) is 42.3 Å². The Kier molecular flexibility index (Phi) is 6.97. The van der Waals surface area contributed by atoms with Gasteiger partial charge in [0.1, 0.15) is 0 Å². The lowest BCUT2D eigenvalue weighted by atomic mass is 10.2. The molecule has 3 rings (SSSR count). The van der Waals surface area contributed by atoms with Crippen LogP contribution in [0.5, 0.6) is 0 Å². The fourth-order valence-electron chi connectivity index (χ4n) is 2.00. The van der Waals surface area contributed by atoms with Crippen molar-refractivity contribution >= 4 is 39.0 Å². The van der Waals surface area contributed by atoms with E-state index in [9.17, 15) is 0 Å². The molecule has 1 aliphatic rings. The SMILES string of the molecule is C=Cc1ccc2nc(NCC3=CCCN=C3)sc2c1.CCOC. The summed E-state index contributed by atoms with van der Waals surface area (Å²) < 4.78 is 5.73. The molecule has 1 aromatic carbocycles. The monoisotopic (exact) mass is 329 g/mol. The molecule has 23 heavy (non-hydrogen) atoms. The molecule has 1 aromatic heterocycles. The van der Waals surface area contributed by atoms with Crippen molar-refractivity contribution in [2.75, 3.05) is 32.1 Å². The number of anilines is 1. The van der Waals surface area contributed by atoms with Crippen LogP contribution in [0.2, 0.25) is 0 Å². The summed E-state index contributed by atoms with van der Waals surface area (Å²) >= 11 is 1.67. The number of benzene rings is 1. The lowest BCUT2D eigenvalue weighted by molar-refractivity contribution is 0.215. The zero-order valence-electron chi connectivity index (χ0n) is 13.7. The minimum absolute atomic E-state index is 0.789. The molecule has 1 N–H and O–H groups in total. The van der Waals surface area contributed by atoms with E-state index in [0.29, 0.717) is 0 Å². The third-order valence-corrected chi connectivity index (χ3v) is 4.28. The predicted molar refractivity (Wildman–Crippen MR) is 102 cm³/mol. The van der Waals surface area contributed by atoms with Crippen molar-refractivity contribution < 1.29 is 4.74 Å². The first-order valence-electron chi connectivity index (χ1n) is 7.71. The van der Waals surface area contributed by atoms with E-state index in [1.165, 1.54) is 10.3 Å². The number of nitrogens with one attached hydrogen (secondary N) is 1. The molecule has 4 nitrogen and oxygen atoms in total. The first kappa shape index (κ1) is 17.4. The highest BCUT2D eigenvalue weighted by Gasteiger charge is 2.05. The van der Waals surface area contributed by atoms with Crippen LogP contribution in [0, 0.1) is 0 Å². The van der Waals surface area contributed by atoms with E-state index in [1.807, 2.05) is 31.3 Å². The molecule has 2 heterocycles. The van der Waals surface area contributed by atoms with Crippen molar-refractivity contribution in [2.45, 2.75) is 13.3 Å². The lowest BCUT2D eigenvalue weighted by Crippen LogP contribution is -2.07. The van der Waals surface area contributed by atoms with Gasteiger partial charge in [0, 0.05) is 33.0 Å². The Bertz CT molecular complexity index is 701. The third kappa shape index (κ3) is 5.30. The smallest absolute Gasteiger partial charge is 0.184 e. The second-order valence-corrected chi connectivity index (χ2v) is 6.01. The molecule has 122 valence electrons. The van der Waals surface area contributed by atoms with E-state index in [4.69, 9.17) is 0 Å². The molecule has 1 aliphatic heterocycles. The van der Waals surface area contributed by atoms with Crippen molar-refractivity contribution in [3.8, 4) is 0 Å². The van der Waals surface area contributed by atoms with Gasteiger partial charge in [0.25, 0.3) is 0 Å². The molecule has 0 spiro atoms. The molecular formula is C18H23N3OS. The second-order valence-electron chi connectivity index (χ2n) is 4.98. The fraction of sp³-hybridized carbons (Fsp3) is 0.333. The van der Waals surface area contributed by atoms with Crippen molar-refractivity contribution in [1.82, 2.24) is 4.98 Å². The van der Waals surface area contributed by atoms with Crippen molar-refractivity contribution in [2.24, 2.45) is 4.99 Å². The van der Waals surface area contributed by atoms with Gasteiger partial charge in [-0.2, -0.15) is 0 Å². The molecular weight excluding hydrogens is 306 g/mol. The van der Waals surface area contributed by atoms with E-state index < -0.39 is 0 Å². The zero-order chi connectivity index (χ0) is 16.5. The molecule has 0 fully saturated rings. The molecule has 0 atom stereocenters. The Labute approximate surface area is 141 Å². The van der Waals surface area contributed by atoms with Crippen LogP contribution >= 0.6 is 11.3 Å². The molecule has 0 saturated carbocycles. The molecule has 5 heteroatoms. The maximum atomic E-state index is 4.57. The van der Waals surface area contributed by atoms with Crippen LogP contribution in [0.25, 0.3) is 16.3 Å². The first-order chi connectivity index (χ1) is 11.3. The van der Waals surface area contributed by atoms with Crippen LogP contribution in [0.1, 0.15) is 18.9 Å². The van der Waals surface area contributed by atoms with Crippen LogP contribution in [0.15, 0.2) is 41.4 Å². The van der Waals surface area contributed by atoms with Gasteiger partial charge >= 0.3 is 0 Å². The number of nitrogens with zero attached hydrogens (tertiary/aromatic N) is 2. The number of methoxy groups -OCH3 is 1. The minimum atomic E-state index is 0.789. The average molecular weight is 329 g/mol. The largest absolute Gasteiger partial charge is 0.385 e. The summed E-state index contributed by atoms with van der Waals surface area (Å²) in [6.45, 7) is 8.27. The Morgan fingerprint density at radius 1 is 1.43 bits per heavy atom. The van der Waals surface area contributed by atoms with Crippen molar-refractivity contribution in [3.05, 3.63) is 42.0 Å². The fourth-order valence-corrected chi connectivity index (χ4v) is 2.91. The highest BCUT2D eigenvalue weighted by Crippen LogP contribution is 2.27. The molecule has 0 bridgehead atoms. The van der Waals surface area contributed by atoms with E-state index in [2.05, 4.69) is 38.8 Å². The van der Waals surface area contributed by atoms with Gasteiger partial charge in [-0.25, -0.2) is 4.98 Å². The summed E-state index contributed by atoms with van der Waals surface area (Å²) in [5.41, 5.74) is 3.39. The molecule has 0 radical (unpaired) electrons. The molecule has 0 saturated heterocycles. The molecule has 0 aliphatic carbocycles. The van der Waals surface area contributed by atoms with Gasteiger partial charge < -0.3 is 10.1 Å². The van der Waals surface area contributed by atoms with Crippen LogP contribution in [-0.4, -0.2) is 38.0 Å². The number of hydrogen-bond donors (Lipinski definition) is 1. The van der Waals surface area contributed by atoms with Gasteiger partial charge in [-0.3, -0.25) is 4.99 Å². The molecule has 0 unspecified atom stereocenters. The number of hydrogen-bond acceptors (Lipinski definition) is 5. The minimum Gasteiger partial charge on any atom is -0.385 e. The Morgan fingerprint density at radius 2 is 2.26 bits per heavy atom. The normalized spacial score (nSPS) is 13.2. The van der Waals surface area contributed by atoms with Gasteiger partial charge in [-0.15, -0.1) is 0 Å². The second kappa shape index (κ2) is 9.22. The lowest BCUT2D eigenvalue weighted by Gasteiger charge is -2.06. The van der Waals surface area contributed by atoms with Crippen LogP contribution in [0.4, 0.5) is 5.13 Å². The number of dihydropyridines is 1. The summed E-state index contributed by atoms with van der Waals surface area (Å²) in [6.07, 6.45) is 7.06. The van der Waals surface area contributed by atoms with Crippen LogP contribution < -0.4 is 5.32 Å². The Hall–Kier alpha value is -1.98.